The van der Waals surface area contributed by atoms with E-state index in [2.05, 4.69) is 36.2 Å². The maximum atomic E-state index is 12.4. The van der Waals surface area contributed by atoms with E-state index < -0.39 is 10.0 Å². The van der Waals surface area contributed by atoms with Crippen LogP contribution < -0.4 is 10.0 Å². The van der Waals surface area contributed by atoms with Crippen LogP contribution >= 0.6 is 27.3 Å². The molecule has 110 valence electrons. The van der Waals surface area contributed by atoms with Gasteiger partial charge in [-0.3, -0.25) is 5.10 Å². The number of aromatic amines is 1. The first-order chi connectivity index (χ1) is 9.45. The van der Waals surface area contributed by atoms with Gasteiger partial charge >= 0.3 is 0 Å². The van der Waals surface area contributed by atoms with Crippen LogP contribution in [0.4, 0.5) is 0 Å². The second-order valence-electron chi connectivity index (χ2n) is 4.17. The highest BCUT2D eigenvalue weighted by atomic mass is 79.9. The van der Waals surface area contributed by atoms with Crippen LogP contribution in [0.1, 0.15) is 16.3 Å². The normalized spacial score (nSPS) is 11.9. The van der Waals surface area contributed by atoms with Crippen molar-refractivity contribution >= 4 is 37.3 Å². The molecule has 3 N–H and O–H groups in total. The van der Waals surface area contributed by atoms with Crippen LogP contribution in [-0.2, 0) is 23.1 Å². The second kappa shape index (κ2) is 6.35. The lowest BCUT2D eigenvalue weighted by Gasteiger charge is -2.07. The first-order valence-electron chi connectivity index (χ1n) is 5.85. The standard InChI is InChI=1S/C11H15BrN4O2S2/c1-7-11(9(5-13-2)16-15-7)20(17,18)14-6-10-8(12)3-4-19-10/h3-4,13-14H,5-6H2,1-2H3,(H,15,16). The Morgan fingerprint density at radius 3 is 2.80 bits per heavy atom. The number of rotatable bonds is 6. The number of hydrogen-bond donors (Lipinski definition) is 3. The fourth-order valence-corrected chi connectivity index (χ4v) is 4.68. The predicted molar refractivity (Wildman–Crippen MR) is 82.1 cm³/mol. The average molecular weight is 379 g/mol. The Hall–Kier alpha value is -0.740. The zero-order valence-corrected chi connectivity index (χ0v) is 14.2. The van der Waals surface area contributed by atoms with E-state index in [0.717, 1.165) is 9.35 Å². The average Bonchev–Trinajstić information content (AvgIpc) is 2.94. The molecule has 20 heavy (non-hydrogen) atoms. The molecule has 0 aromatic carbocycles. The fourth-order valence-electron chi connectivity index (χ4n) is 1.80. The highest BCUT2D eigenvalue weighted by Crippen LogP contribution is 2.23. The first kappa shape index (κ1) is 15.6. The van der Waals surface area contributed by atoms with Gasteiger partial charge in [0.25, 0.3) is 0 Å². The van der Waals surface area contributed by atoms with Crippen molar-refractivity contribution in [3.05, 3.63) is 32.2 Å². The van der Waals surface area contributed by atoms with Gasteiger partial charge in [-0.15, -0.1) is 11.3 Å². The van der Waals surface area contributed by atoms with Gasteiger partial charge in [-0.2, -0.15) is 5.10 Å². The lowest BCUT2D eigenvalue weighted by Crippen LogP contribution is -2.25. The molecule has 2 aromatic heterocycles. The molecule has 0 unspecified atom stereocenters. The van der Waals surface area contributed by atoms with Crippen molar-refractivity contribution < 1.29 is 8.42 Å². The molecule has 0 fully saturated rings. The van der Waals surface area contributed by atoms with Crippen LogP contribution in [-0.4, -0.2) is 25.7 Å². The van der Waals surface area contributed by atoms with Crippen molar-refractivity contribution in [1.29, 1.82) is 0 Å². The molecular weight excluding hydrogens is 364 g/mol. The van der Waals surface area contributed by atoms with E-state index >= 15 is 0 Å². The number of H-pyrrole nitrogens is 1. The van der Waals surface area contributed by atoms with Crippen molar-refractivity contribution in [3.63, 3.8) is 0 Å². The number of hydrogen-bond acceptors (Lipinski definition) is 5. The van der Waals surface area contributed by atoms with Crippen LogP contribution in [0.15, 0.2) is 20.8 Å². The molecule has 0 aliphatic heterocycles. The molecule has 2 aromatic rings. The van der Waals surface area contributed by atoms with Gasteiger partial charge in [0, 0.05) is 22.4 Å². The van der Waals surface area contributed by atoms with Crippen LogP contribution in [0.3, 0.4) is 0 Å². The molecule has 0 saturated heterocycles. The molecule has 0 spiro atoms. The number of sulfonamides is 1. The Balaban J connectivity index is 2.22. The summed E-state index contributed by atoms with van der Waals surface area (Å²) in [6, 6.07) is 1.89. The maximum Gasteiger partial charge on any atom is 0.244 e. The summed E-state index contributed by atoms with van der Waals surface area (Å²) in [6.45, 7) is 2.34. The summed E-state index contributed by atoms with van der Waals surface area (Å²) in [5.41, 5.74) is 1.02. The molecule has 9 heteroatoms. The number of nitrogens with zero attached hydrogens (tertiary/aromatic N) is 1. The third kappa shape index (κ3) is 3.29. The van der Waals surface area contributed by atoms with Gasteiger partial charge in [-0.1, -0.05) is 0 Å². The zero-order valence-electron chi connectivity index (χ0n) is 11.0. The van der Waals surface area contributed by atoms with Gasteiger partial charge in [-0.25, -0.2) is 13.1 Å². The van der Waals surface area contributed by atoms with Crippen LogP contribution in [0, 0.1) is 6.92 Å². The highest BCUT2D eigenvalue weighted by Gasteiger charge is 2.24. The fraction of sp³-hybridized carbons (Fsp3) is 0.364. The van der Waals surface area contributed by atoms with E-state index in [1.807, 2.05) is 11.4 Å². The van der Waals surface area contributed by atoms with Gasteiger partial charge in [0.05, 0.1) is 11.4 Å². The summed E-state index contributed by atoms with van der Waals surface area (Å²) in [5, 5.41) is 11.6. The number of aromatic nitrogens is 2. The summed E-state index contributed by atoms with van der Waals surface area (Å²) in [4.78, 5) is 1.16. The van der Waals surface area contributed by atoms with Gasteiger partial charge < -0.3 is 5.32 Å². The molecule has 2 heterocycles. The van der Waals surface area contributed by atoms with E-state index in [1.54, 1.807) is 14.0 Å². The molecular formula is C11H15BrN4O2S2. The van der Waals surface area contributed by atoms with Gasteiger partial charge in [-0.05, 0) is 41.3 Å². The molecule has 0 saturated carbocycles. The van der Waals surface area contributed by atoms with E-state index in [0.29, 0.717) is 17.9 Å². The van der Waals surface area contributed by atoms with E-state index in [-0.39, 0.29) is 11.4 Å². The summed E-state index contributed by atoms with van der Waals surface area (Å²) in [7, 11) is -1.84. The monoisotopic (exact) mass is 378 g/mol. The van der Waals surface area contributed by atoms with Gasteiger partial charge in [0.15, 0.2) is 0 Å². The van der Waals surface area contributed by atoms with Gasteiger partial charge in [0.1, 0.15) is 4.90 Å². The van der Waals surface area contributed by atoms with Crippen LogP contribution in [0.5, 0.6) is 0 Å². The minimum absolute atomic E-state index is 0.222. The molecule has 0 atom stereocenters. The van der Waals surface area contributed by atoms with Crippen LogP contribution in [0.2, 0.25) is 0 Å². The number of thiophene rings is 1. The van der Waals surface area contributed by atoms with Crippen molar-refractivity contribution in [3.8, 4) is 0 Å². The Labute approximate surface area is 130 Å². The van der Waals surface area contributed by atoms with Crippen molar-refractivity contribution in [2.24, 2.45) is 0 Å². The molecule has 0 aliphatic carbocycles. The number of aryl methyl sites for hydroxylation is 1. The van der Waals surface area contributed by atoms with Crippen molar-refractivity contribution in [2.75, 3.05) is 7.05 Å². The summed E-state index contributed by atoms with van der Waals surface area (Å²) in [6.07, 6.45) is 0. The molecule has 0 aliphatic rings. The molecule has 6 nitrogen and oxygen atoms in total. The lowest BCUT2D eigenvalue weighted by molar-refractivity contribution is 0.579. The Morgan fingerprint density at radius 1 is 1.45 bits per heavy atom. The minimum atomic E-state index is -3.59. The Kier molecular flexibility index (Phi) is 4.97. The van der Waals surface area contributed by atoms with E-state index in [9.17, 15) is 8.42 Å². The van der Waals surface area contributed by atoms with Crippen molar-refractivity contribution in [1.82, 2.24) is 20.2 Å². The predicted octanol–water partition coefficient (Wildman–Crippen LogP) is 1.74. The summed E-state index contributed by atoms with van der Waals surface area (Å²) in [5.74, 6) is 0. The maximum absolute atomic E-state index is 12.4. The molecule has 0 amide bonds. The minimum Gasteiger partial charge on any atom is -0.314 e. The lowest BCUT2D eigenvalue weighted by atomic mass is 10.4. The third-order valence-electron chi connectivity index (χ3n) is 2.69. The number of nitrogens with one attached hydrogen (secondary N) is 3. The number of halogens is 1. The van der Waals surface area contributed by atoms with E-state index in [4.69, 9.17) is 0 Å². The second-order valence-corrected chi connectivity index (χ2v) is 7.73. The smallest absolute Gasteiger partial charge is 0.244 e. The molecule has 2 rings (SSSR count). The van der Waals surface area contributed by atoms with Crippen molar-refractivity contribution in [2.45, 2.75) is 24.9 Å². The first-order valence-corrected chi connectivity index (χ1v) is 9.01. The SMILES string of the molecule is CNCc1n[nH]c(C)c1S(=O)(=O)NCc1sccc1Br. The Morgan fingerprint density at radius 2 is 2.20 bits per heavy atom. The third-order valence-corrected chi connectivity index (χ3v) is 6.22. The zero-order chi connectivity index (χ0) is 14.8. The largest absolute Gasteiger partial charge is 0.314 e. The highest BCUT2D eigenvalue weighted by molar-refractivity contribution is 9.10. The molecule has 0 bridgehead atoms. The molecule has 0 radical (unpaired) electrons. The quantitative estimate of drug-likeness (QED) is 0.714. The topological polar surface area (TPSA) is 86.9 Å². The van der Waals surface area contributed by atoms with E-state index in [1.165, 1.54) is 11.3 Å². The summed E-state index contributed by atoms with van der Waals surface area (Å²) < 4.78 is 28.3. The van der Waals surface area contributed by atoms with Gasteiger partial charge in [0.2, 0.25) is 10.0 Å². The summed E-state index contributed by atoms with van der Waals surface area (Å²) >= 11 is 4.88. The van der Waals surface area contributed by atoms with Crippen LogP contribution in [0.25, 0.3) is 0 Å². The Bertz CT molecular complexity index is 693.